The van der Waals surface area contributed by atoms with Gasteiger partial charge in [-0.2, -0.15) is 4.99 Å². The number of hydrogen-bond acceptors (Lipinski definition) is 5. The third-order valence-electron chi connectivity index (χ3n) is 2.63. The number of isocyanates is 1. The lowest BCUT2D eigenvalue weighted by molar-refractivity contribution is -0.138. The number of nitrogens with one attached hydrogen (secondary N) is 1. The number of aliphatic imine (C=N–C) groups is 1. The van der Waals surface area contributed by atoms with Gasteiger partial charge in [-0.05, 0) is 18.4 Å². The number of carboxylic acids is 1. The average molecular weight is 292 g/mol. The standard InChI is InChI=1S/C14H16N2O5/c17-10-16-12(13(18)19)7-4-8-15-14(20)21-9-11-5-2-1-3-6-11/h1-3,5-6,12H,4,7-9H2,(H,15,20)(H,18,19)/t12-/m0/s1. The van der Waals surface area contributed by atoms with Gasteiger partial charge in [0.05, 0.1) is 0 Å². The molecule has 1 rings (SSSR count). The van der Waals surface area contributed by atoms with Gasteiger partial charge in [-0.1, -0.05) is 30.3 Å². The molecule has 1 amide bonds. The molecule has 1 aromatic rings. The largest absolute Gasteiger partial charge is 0.480 e. The Hall–Kier alpha value is -2.66. The van der Waals surface area contributed by atoms with Crippen LogP contribution in [0.4, 0.5) is 4.79 Å². The van der Waals surface area contributed by atoms with Crippen LogP contribution in [0.5, 0.6) is 0 Å². The van der Waals surface area contributed by atoms with Crippen molar-refractivity contribution in [3.63, 3.8) is 0 Å². The summed E-state index contributed by atoms with van der Waals surface area (Å²) in [6, 6.07) is 8.10. The summed E-state index contributed by atoms with van der Waals surface area (Å²) in [5, 5.41) is 11.2. The van der Waals surface area contributed by atoms with Gasteiger partial charge in [0.25, 0.3) is 0 Å². The molecule has 0 spiro atoms. The lowest BCUT2D eigenvalue weighted by Crippen LogP contribution is -2.27. The Kier molecular flexibility index (Phi) is 7.24. The minimum absolute atomic E-state index is 0.142. The number of aliphatic carboxylic acids is 1. The summed E-state index contributed by atoms with van der Waals surface area (Å²) in [7, 11) is 0. The van der Waals surface area contributed by atoms with Crippen molar-refractivity contribution in [2.75, 3.05) is 6.54 Å². The number of carbonyl (C=O) groups excluding carboxylic acids is 2. The molecule has 0 unspecified atom stereocenters. The van der Waals surface area contributed by atoms with E-state index in [1.807, 2.05) is 30.3 Å². The monoisotopic (exact) mass is 292 g/mol. The van der Waals surface area contributed by atoms with Crippen LogP contribution in [-0.4, -0.2) is 35.8 Å². The third kappa shape index (κ3) is 6.89. The van der Waals surface area contributed by atoms with E-state index in [1.54, 1.807) is 0 Å². The van der Waals surface area contributed by atoms with E-state index in [0.29, 0.717) is 6.42 Å². The maximum Gasteiger partial charge on any atom is 0.407 e. The summed E-state index contributed by atoms with van der Waals surface area (Å²) in [5.74, 6) is -1.19. The number of amides is 1. The summed E-state index contributed by atoms with van der Waals surface area (Å²) in [4.78, 5) is 35.3. The molecule has 0 aliphatic carbocycles. The Bertz CT molecular complexity index is 509. The second-order valence-corrected chi connectivity index (χ2v) is 4.21. The summed E-state index contributed by atoms with van der Waals surface area (Å²) >= 11 is 0. The second kappa shape index (κ2) is 9.28. The molecule has 0 aromatic heterocycles. The van der Waals surface area contributed by atoms with Gasteiger partial charge < -0.3 is 15.2 Å². The normalized spacial score (nSPS) is 11.0. The Balaban J connectivity index is 2.18. The van der Waals surface area contributed by atoms with Crippen molar-refractivity contribution < 1.29 is 24.2 Å². The number of carbonyl (C=O) groups is 2. The number of nitrogens with zero attached hydrogens (tertiary/aromatic N) is 1. The molecule has 0 saturated heterocycles. The summed E-state index contributed by atoms with van der Waals surface area (Å²) in [6.45, 7) is 0.408. The van der Waals surface area contributed by atoms with Crippen molar-refractivity contribution in [1.82, 2.24) is 5.32 Å². The quantitative estimate of drug-likeness (QED) is 0.429. The summed E-state index contributed by atoms with van der Waals surface area (Å²) < 4.78 is 4.98. The van der Waals surface area contributed by atoms with E-state index in [0.717, 1.165) is 5.56 Å². The second-order valence-electron chi connectivity index (χ2n) is 4.21. The lowest BCUT2D eigenvalue weighted by atomic mass is 10.1. The van der Waals surface area contributed by atoms with Crippen LogP contribution in [0.15, 0.2) is 35.3 Å². The number of rotatable bonds is 8. The SMILES string of the molecule is O=C=N[C@@H](CCCNC(=O)OCc1ccccc1)C(=O)O. The zero-order valence-corrected chi connectivity index (χ0v) is 11.3. The van der Waals surface area contributed by atoms with Gasteiger partial charge in [-0.25, -0.2) is 14.4 Å². The van der Waals surface area contributed by atoms with E-state index in [-0.39, 0.29) is 19.6 Å². The molecular weight excluding hydrogens is 276 g/mol. The maximum absolute atomic E-state index is 11.4. The first kappa shape index (κ1) is 16.4. The Labute approximate surface area is 121 Å². The zero-order valence-electron chi connectivity index (χ0n) is 11.3. The van der Waals surface area contributed by atoms with Gasteiger partial charge in [0.1, 0.15) is 6.61 Å². The van der Waals surface area contributed by atoms with E-state index < -0.39 is 18.1 Å². The van der Waals surface area contributed by atoms with Crippen molar-refractivity contribution in [1.29, 1.82) is 0 Å². The van der Waals surface area contributed by atoms with Crippen LogP contribution >= 0.6 is 0 Å². The van der Waals surface area contributed by atoms with E-state index >= 15 is 0 Å². The van der Waals surface area contributed by atoms with E-state index in [9.17, 15) is 14.4 Å². The molecule has 0 bridgehead atoms. The van der Waals surface area contributed by atoms with Gasteiger partial charge in [-0.3, -0.25) is 0 Å². The van der Waals surface area contributed by atoms with Crippen LogP contribution in [0.3, 0.4) is 0 Å². The molecule has 112 valence electrons. The average Bonchev–Trinajstić information content (AvgIpc) is 2.49. The highest BCUT2D eigenvalue weighted by Gasteiger charge is 2.15. The Morgan fingerprint density at radius 3 is 2.67 bits per heavy atom. The van der Waals surface area contributed by atoms with Gasteiger partial charge in [-0.15, -0.1) is 0 Å². The summed E-state index contributed by atoms with van der Waals surface area (Å²) in [6.07, 6.45) is 1.15. The van der Waals surface area contributed by atoms with Crippen LogP contribution < -0.4 is 5.32 Å². The molecule has 0 aliphatic rings. The van der Waals surface area contributed by atoms with Gasteiger partial charge in [0, 0.05) is 6.54 Å². The molecule has 1 aromatic carbocycles. The molecular formula is C14H16N2O5. The number of benzene rings is 1. The number of hydrogen-bond donors (Lipinski definition) is 2. The van der Waals surface area contributed by atoms with Crippen molar-refractivity contribution in [3.05, 3.63) is 35.9 Å². The molecule has 0 fully saturated rings. The van der Waals surface area contributed by atoms with Crippen molar-refractivity contribution in [2.45, 2.75) is 25.5 Å². The first-order chi connectivity index (χ1) is 10.1. The molecule has 0 aliphatic heterocycles. The fourth-order valence-electron chi connectivity index (χ4n) is 1.57. The first-order valence-electron chi connectivity index (χ1n) is 6.38. The van der Waals surface area contributed by atoms with Crippen molar-refractivity contribution >= 4 is 18.1 Å². The smallest absolute Gasteiger partial charge is 0.407 e. The number of ether oxygens (including phenoxy) is 1. The fraction of sp³-hybridized carbons (Fsp3) is 0.357. The van der Waals surface area contributed by atoms with Crippen molar-refractivity contribution in [2.24, 2.45) is 4.99 Å². The predicted octanol–water partition coefficient (Wildman–Crippen LogP) is 1.48. The molecule has 0 saturated carbocycles. The van der Waals surface area contributed by atoms with Crippen LogP contribution in [0.1, 0.15) is 18.4 Å². The molecule has 0 radical (unpaired) electrons. The van der Waals surface area contributed by atoms with E-state index in [4.69, 9.17) is 9.84 Å². The molecule has 1 atom stereocenters. The van der Waals surface area contributed by atoms with E-state index in [1.165, 1.54) is 6.08 Å². The van der Waals surface area contributed by atoms with Crippen molar-refractivity contribution in [3.8, 4) is 0 Å². The Morgan fingerprint density at radius 1 is 1.33 bits per heavy atom. The Morgan fingerprint density at radius 2 is 2.05 bits per heavy atom. The maximum atomic E-state index is 11.4. The molecule has 2 N–H and O–H groups in total. The summed E-state index contributed by atoms with van der Waals surface area (Å²) in [5.41, 5.74) is 0.874. The highest BCUT2D eigenvalue weighted by Crippen LogP contribution is 2.02. The van der Waals surface area contributed by atoms with Crippen LogP contribution in [0, 0.1) is 0 Å². The highest BCUT2D eigenvalue weighted by atomic mass is 16.5. The van der Waals surface area contributed by atoms with Gasteiger partial charge >= 0.3 is 12.1 Å². The van der Waals surface area contributed by atoms with Crippen LogP contribution in [0.25, 0.3) is 0 Å². The lowest BCUT2D eigenvalue weighted by Gasteiger charge is -2.08. The van der Waals surface area contributed by atoms with E-state index in [2.05, 4.69) is 10.3 Å². The molecule has 7 nitrogen and oxygen atoms in total. The minimum atomic E-state index is -1.19. The molecule has 0 heterocycles. The predicted molar refractivity (Wildman–Crippen MR) is 73.4 cm³/mol. The van der Waals surface area contributed by atoms with Crippen LogP contribution in [0.2, 0.25) is 0 Å². The molecule has 21 heavy (non-hydrogen) atoms. The highest BCUT2D eigenvalue weighted by molar-refractivity contribution is 5.74. The first-order valence-corrected chi connectivity index (χ1v) is 6.38. The third-order valence-corrected chi connectivity index (χ3v) is 2.63. The van der Waals surface area contributed by atoms with Gasteiger partial charge in [0.15, 0.2) is 6.04 Å². The number of alkyl carbamates (subject to hydrolysis) is 1. The van der Waals surface area contributed by atoms with Gasteiger partial charge in [0.2, 0.25) is 6.08 Å². The minimum Gasteiger partial charge on any atom is -0.480 e. The number of carboxylic acid groups (broad SMARTS) is 1. The topological polar surface area (TPSA) is 105 Å². The fourth-order valence-corrected chi connectivity index (χ4v) is 1.57. The molecule has 7 heteroatoms. The zero-order chi connectivity index (χ0) is 15.5. The van der Waals surface area contributed by atoms with Crippen LogP contribution in [-0.2, 0) is 20.9 Å².